The van der Waals surface area contributed by atoms with E-state index in [2.05, 4.69) is 136 Å². The van der Waals surface area contributed by atoms with Gasteiger partial charge in [-0.1, -0.05) is 322 Å². The average Bonchev–Trinajstić information content (AvgIpc) is 3.47. The Morgan fingerprint density at radius 2 is 0.506 bits per heavy atom. The molecule has 0 aliphatic carbocycles. The zero-order valence-electron chi connectivity index (χ0n) is 53.0. The fourth-order valence-corrected chi connectivity index (χ4v) is 9.46. The predicted octanol–water partition coefficient (Wildman–Crippen LogP) is 23.6. The van der Waals surface area contributed by atoms with Crippen LogP contribution >= 0.6 is 0 Å². The van der Waals surface area contributed by atoms with Gasteiger partial charge in [-0.3, -0.25) is 14.4 Å². The van der Waals surface area contributed by atoms with Crippen molar-refractivity contribution in [3.05, 3.63) is 122 Å². The van der Waals surface area contributed by atoms with E-state index >= 15 is 0 Å². The van der Waals surface area contributed by atoms with Gasteiger partial charge < -0.3 is 14.2 Å². The topological polar surface area (TPSA) is 78.9 Å². The van der Waals surface area contributed by atoms with Gasteiger partial charge in [-0.05, 0) is 96.3 Å². The summed E-state index contributed by atoms with van der Waals surface area (Å²) in [5.74, 6) is -0.983. The molecular formula is C75H126O6. The highest BCUT2D eigenvalue weighted by Gasteiger charge is 2.19. The third-order valence-corrected chi connectivity index (χ3v) is 14.5. The molecule has 1 unspecified atom stereocenters. The number of carbonyl (C=O) groups excluding carboxylic acids is 3. The molecule has 6 heteroatoms. The zero-order valence-corrected chi connectivity index (χ0v) is 53.0. The Kier molecular flexibility index (Phi) is 64.8. The minimum absolute atomic E-state index is 0.103. The number of allylic oxidation sites excluding steroid dienone is 20. The summed E-state index contributed by atoms with van der Waals surface area (Å²) in [5.41, 5.74) is 0. The van der Waals surface area contributed by atoms with E-state index in [0.29, 0.717) is 19.3 Å². The van der Waals surface area contributed by atoms with Crippen molar-refractivity contribution in [3.8, 4) is 0 Å². The van der Waals surface area contributed by atoms with Gasteiger partial charge in [0.05, 0.1) is 0 Å². The van der Waals surface area contributed by atoms with Crippen LogP contribution in [-0.2, 0) is 28.6 Å². The van der Waals surface area contributed by atoms with Crippen LogP contribution in [0.15, 0.2) is 122 Å². The lowest BCUT2D eigenvalue weighted by Crippen LogP contribution is -2.30. The average molecular weight is 1120 g/mol. The smallest absolute Gasteiger partial charge is 0.306 e. The van der Waals surface area contributed by atoms with Crippen LogP contribution in [0, 0.1) is 0 Å². The summed E-state index contributed by atoms with van der Waals surface area (Å²) in [4.78, 5) is 38.4. The van der Waals surface area contributed by atoms with Crippen molar-refractivity contribution in [2.75, 3.05) is 13.2 Å². The van der Waals surface area contributed by atoms with Gasteiger partial charge in [0.2, 0.25) is 0 Å². The molecule has 0 fully saturated rings. The van der Waals surface area contributed by atoms with E-state index in [9.17, 15) is 14.4 Å². The number of hydrogen-bond acceptors (Lipinski definition) is 6. The molecule has 0 N–H and O–H groups in total. The van der Waals surface area contributed by atoms with Crippen LogP contribution in [0.2, 0.25) is 0 Å². The lowest BCUT2D eigenvalue weighted by molar-refractivity contribution is -0.166. The molecule has 0 aromatic heterocycles. The minimum Gasteiger partial charge on any atom is -0.462 e. The summed E-state index contributed by atoms with van der Waals surface area (Å²) in [5, 5.41) is 0. The Hall–Kier alpha value is -4.19. The van der Waals surface area contributed by atoms with Crippen molar-refractivity contribution in [1.82, 2.24) is 0 Å². The van der Waals surface area contributed by atoms with Gasteiger partial charge in [0, 0.05) is 19.3 Å². The fraction of sp³-hybridized carbons (Fsp3) is 0.693. The summed E-state index contributed by atoms with van der Waals surface area (Å²) in [6, 6.07) is 0. The van der Waals surface area contributed by atoms with Crippen molar-refractivity contribution in [3.63, 3.8) is 0 Å². The maximum Gasteiger partial charge on any atom is 0.306 e. The largest absolute Gasteiger partial charge is 0.462 e. The normalized spacial score (nSPS) is 12.9. The number of esters is 3. The van der Waals surface area contributed by atoms with E-state index in [1.807, 2.05) is 6.08 Å². The van der Waals surface area contributed by atoms with Gasteiger partial charge in [0.25, 0.3) is 0 Å². The monoisotopic (exact) mass is 1120 g/mol. The standard InChI is InChI=1S/C75H126O6/c1-4-7-10-13-16-19-22-25-28-31-34-36-37-39-41-44-47-50-53-56-59-62-65-68-74(77)80-71-72(70-79-73(76)67-64-61-58-55-52-49-46-43-40-33-30-27-24-21-18-15-12-9-6-3)81-75(78)69-66-63-60-57-54-51-48-45-42-38-35-32-29-26-23-20-17-14-11-8-5-2/h7,9-10,12,16,18-19,21,25,27-28,30,34,36,40,43,49,52,58,61,72H,4-6,8,11,13-15,17,20,22-24,26,29,31-33,35,37-39,41-42,44-48,50-51,53-57,59-60,62-71H2,1-3H3/b10-7-,12-9-,19-16-,21-18-,28-25-,30-27-,36-34-,43-40-,52-49-,61-58-. The molecule has 6 nitrogen and oxygen atoms in total. The van der Waals surface area contributed by atoms with Crippen LogP contribution in [0.3, 0.4) is 0 Å². The molecule has 0 aliphatic heterocycles. The Bertz CT molecular complexity index is 1670. The van der Waals surface area contributed by atoms with Crippen LogP contribution in [0.4, 0.5) is 0 Å². The highest BCUT2D eigenvalue weighted by Crippen LogP contribution is 2.17. The molecule has 0 aromatic rings. The summed E-state index contributed by atoms with van der Waals surface area (Å²) in [6.07, 6.45) is 95.1. The van der Waals surface area contributed by atoms with Crippen molar-refractivity contribution in [1.29, 1.82) is 0 Å². The first-order valence-electron chi connectivity index (χ1n) is 34.0. The van der Waals surface area contributed by atoms with Crippen molar-refractivity contribution in [2.45, 2.75) is 322 Å². The van der Waals surface area contributed by atoms with Crippen LogP contribution in [-0.4, -0.2) is 37.2 Å². The van der Waals surface area contributed by atoms with E-state index in [-0.39, 0.29) is 37.5 Å². The Balaban J connectivity index is 4.46. The van der Waals surface area contributed by atoms with E-state index in [1.165, 1.54) is 167 Å². The molecule has 0 aliphatic rings. The predicted molar refractivity (Wildman–Crippen MR) is 353 cm³/mol. The second-order valence-electron chi connectivity index (χ2n) is 22.3. The Labute approximate surface area is 501 Å². The Morgan fingerprint density at radius 3 is 0.827 bits per heavy atom. The van der Waals surface area contributed by atoms with E-state index in [4.69, 9.17) is 14.2 Å². The molecule has 1 atom stereocenters. The quantitative estimate of drug-likeness (QED) is 0.0261. The van der Waals surface area contributed by atoms with E-state index in [1.54, 1.807) is 0 Å². The number of ether oxygens (including phenoxy) is 3. The van der Waals surface area contributed by atoms with Gasteiger partial charge in [-0.25, -0.2) is 0 Å². The molecule has 81 heavy (non-hydrogen) atoms. The molecule has 0 saturated heterocycles. The second kappa shape index (κ2) is 68.3. The van der Waals surface area contributed by atoms with Gasteiger partial charge >= 0.3 is 17.9 Å². The lowest BCUT2D eigenvalue weighted by Gasteiger charge is -2.18. The van der Waals surface area contributed by atoms with Gasteiger partial charge in [0.15, 0.2) is 6.10 Å². The fourth-order valence-electron chi connectivity index (χ4n) is 9.46. The van der Waals surface area contributed by atoms with Gasteiger partial charge in [0.1, 0.15) is 13.2 Å². The first-order chi connectivity index (χ1) is 40.0. The summed E-state index contributed by atoms with van der Waals surface area (Å²) in [7, 11) is 0. The zero-order chi connectivity index (χ0) is 58.5. The third-order valence-electron chi connectivity index (χ3n) is 14.5. The summed E-state index contributed by atoms with van der Waals surface area (Å²) in [6.45, 7) is 6.38. The number of unbranched alkanes of at least 4 members (excludes halogenated alkanes) is 30. The highest BCUT2D eigenvalue weighted by atomic mass is 16.6. The molecule has 0 saturated carbocycles. The molecule has 0 heterocycles. The number of carbonyl (C=O) groups is 3. The first-order valence-corrected chi connectivity index (χ1v) is 34.0. The molecule has 0 spiro atoms. The maximum atomic E-state index is 13.0. The van der Waals surface area contributed by atoms with Crippen LogP contribution < -0.4 is 0 Å². The number of hydrogen-bond donors (Lipinski definition) is 0. The molecule has 0 amide bonds. The summed E-state index contributed by atoms with van der Waals surface area (Å²) < 4.78 is 16.9. The first kappa shape index (κ1) is 76.8. The third kappa shape index (κ3) is 66.5. The van der Waals surface area contributed by atoms with Gasteiger partial charge in [-0.2, -0.15) is 0 Å². The molecule has 0 radical (unpaired) electrons. The molecule has 0 rings (SSSR count). The molecule has 462 valence electrons. The minimum atomic E-state index is -0.814. The van der Waals surface area contributed by atoms with E-state index in [0.717, 1.165) is 103 Å². The van der Waals surface area contributed by atoms with Gasteiger partial charge in [-0.15, -0.1) is 0 Å². The highest BCUT2D eigenvalue weighted by molar-refractivity contribution is 5.71. The van der Waals surface area contributed by atoms with Crippen LogP contribution in [0.25, 0.3) is 0 Å². The molecule has 0 bridgehead atoms. The number of rotatable bonds is 61. The lowest BCUT2D eigenvalue weighted by atomic mass is 10.0. The Morgan fingerprint density at radius 1 is 0.259 bits per heavy atom. The van der Waals surface area contributed by atoms with Crippen molar-refractivity contribution >= 4 is 17.9 Å². The molecule has 0 aromatic carbocycles. The second-order valence-corrected chi connectivity index (χ2v) is 22.3. The van der Waals surface area contributed by atoms with Crippen molar-refractivity contribution < 1.29 is 28.6 Å². The van der Waals surface area contributed by atoms with E-state index < -0.39 is 6.10 Å². The van der Waals surface area contributed by atoms with Crippen LogP contribution in [0.5, 0.6) is 0 Å². The molecular weight excluding hydrogens is 997 g/mol. The van der Waals surface area contributed by atoms with Crippen molar-refractivity contribution in [2.24, 2.45) is 0 Å². The SMILES string of the molecule is CC/C=C\C/C=C\C/C=C\C/C=C\C/C=C\C/C=C\CCC(=O)OCC(COC(=O)CCCCCCCCCCCC/C=C\C/C=C\C/C=C\C/C=C\CC)OC(=O)CCCCCCCCCCCCCCCCCCCCCCC. The van der Waals surface area contributed by atoms with Crippen LogP contribution in [0.1, 0.15) is 316 Å². The summed E-state index contributed by atoms with van der Waals surface area (Å²) >= 11 is 0. The maximum absolute atomic E-state index is 13.0.